The van der Waals surface area contributed by atoms with Crippen LogP contribution in [0.5, 0.6) is 0 Å². The highest BCUT2D eigenvalue weighted by Crippen LogP contribution is 2.35. The van der Waals surface area contributed by atoms with Gasteiger partial charge in [-0.25, -0.2) is 4.98 Å². The SMILES string of the molecule is NC(=O)c1nc(-c2ccccc2)c(C(F)(F)F)[nH]1. The van der Waals surface area contributed by atoms with Crippen molar-refractivity contribution in [2.75, 3.05) is 0 Å². The monoisotopic (exact) mass is 255 g/mol. The minimum absolute atomic E-state index is 0.258. The molecule has 0 bridgehead atoms. The Morgan fingerprint density at radius 1 is 1.22 bits per heavy atom. The van der Waals surface area contributed by atoms with Gasteiger partial charge in [-0.1, -0.05) is 30.3 Å². The van der Waals surface area contributed by atoms with E-state index in [4.69, 9.17) is 5.73 Å². The molecule has 0 saturated heterocycles. The number of rotatable bonds is 2. The van der Waals surface area contributed by atoms with Crippen LogP contribution in [0.3, 0.4) is 0 Å². The van der Waals surface area contributed by atoms with Gasteiger partial charge in [-0.2, -0.15) is 13.2 Å². The van der Waals surface area contributed by atoms with E-state index in [1.54, 1.807) is 18.2 Å². The number of carbonyl (C=O) groups is 1. The van der Waals surface area contributed by atoms with Gasteiger partial charge in [0, 0.05) is 5.56 Å². The van der Waals surface area contributed by atoms with Crippen molar-refractivity contribution in [3.63, 3.8) is 0 Å². The van der Waals surface area contributed by atoms with E-state index in [2.05, 4.69) is 4.98 Å². The summed E-state index contributed by atoms with van der Waals surface area (Å²) in [5.74, 6) is -1.55. The smallest absolute Gasteiger partial charge is 0.363 e. The first-order valence-corrected chi connectivity index (χ1v) is 4.92. The van der Waals surface area contributed by atoms with Gasteiger partial charge in [0.25, 0.3) is 5.91 Å². The van der Waals surface area contributed by atoms with E-state index >= 15 is 0 Å². The molecule has 0 fully saturated rings. The second kappa shape index (κ2) is 4.17. The van der Waals surface area contributed by atoms with E-state index in [9.17, 15) is 18.0 Å². The molecule has 94 valence electrons. The summed E-state index contributed by atoms with van der Waals surface area (Å²) in [7, 11) is 0. The number of benzene rings is 1. The highest BCUT2D eigenvalue weighted by Gasteiger charge is 2.37. The maximum atomic E-state index is 12.8. The number of H-pyrrole nitrogens is 1. The number of aromatic nitrogens is 2. The Morgan fingerprint density at radius 3 is 2.33 bits per heavy atom. The van der Waals surface area contributed by atoms with E-state index < -0.39 is 23.6 Å². The molecule has 7 heteroatoms. The minimum atomic E-state index is -4.63. The number of nitrogens with two attached hydrogens (primary N) is 1. The molecular formula is C11H8F3N3O. The van der Waals surface area contributed by atoms with Crippen LogP contribution in [0.2, 0.25) is 0 Å². The summed E-state index contributed by atoms with van der Waals surface area (Å²) < 4.78 is 38.4. The Morgan fingerprint density at radius 2 is 1.83 bits per heavy atom. The highest BCUT2D eigenvalue weighted by molar-refractivity contribution is 5.90. The molecule has 0 aliphatic rings. The number of carbonyl (C=O) groups excluding carboxylic acids is 1. The van der Waals surface area contributed by atoms with Crippen molar-refractivity contribution in [2.24, 2.45) is 5.73 Å². The average molecular weight is 255 g/mol. The van der Waals surface area contributed by atoms with Crippen LogP contribution in [0.25, 0.3) is 11.3 Å². The maximum Gasteiger partial charge on any atom is 0.433 e. The molecule has 1 aromatic carbocycles. The van der Waals surface area contributed by atoms with Gasteiger partial charge in [-0.15, -0.1) is 0 Å². The standard InChI is InChI=1S/C11H8F3N3O/c12-11(13,14)8-7(6-4-2-1-3-5-6)16-10(17-8)9(15)18/h1-5H,(H2,15,18)(H,16,17). The second-order valence-electron chi connectivity index (χ2n) is 3.54. The third-order valence-corrected chi connectivity index (χ3v) is 2.27. The first kappa shape index (κ1) is 12.2. The quantitative estimate of drug-likeness (QED) is 0.863. The predicted molar refractivity (Wildman–Crippen MR) is 57.5 cm³/mol. The first-order chi connectivity index (χ1) is 8.39. The normalized spacial score (nSPS) is 11.5. The molecule has 0 radical (unpaired) electrons. The zero-order valence-electron chi connectivity index (χ0n) is 8.95. The summed E-state index contributed by atoms with van der Waals surface area (Å²) in [4.78, 5) is 16.4. The highest BCUT2D eigenvalue weighted by atomic mass is 19.4. The third kappa shape index (κ3) is 2.20. The molecule has 0 aliphatic heterocycles. The number of amides is 1. The van der Waals surface area contributed by atoms with Crippen LogP contribution in [0, 0.1) is 0 Å². The fourth-order valence-corrected chi connectivity index (χ4v) is 1.50. The number of hydrogen-bond donors (Lipinski definition) is 2. The van der Waals surface area contributed by atoms with Crippen LogP contribution in [0.1, 0.15) is 16.3 Å². The number of primary amides is 1. The number of nitrogens with zero attached hydrogens (tertiary/aromatic N) is 1. The molecule has 2 rings (SSSR count). The van der Waals surface area contributed by atoms with E-state index in [-0.39, 0.29) is 11.3 Å². The van der Waals surface area contributed by atoms with Crippen molar-refractivity contribution >= 4 is 5.91 Å². The van der Waals surface area contributed by atoms with Crippen LogP contribution >= 0.6 is 0 Å². The zero-order chi connectivity index (χ0) is 13.3. The van der Waals surface area contributed by atoms with E-state index in [1.807, 2.05) is 4.98 Å². The molecule has 0 saturated carbocycles. The number of hydrogen-bond acceptors (Lipinski definition) is 2. The Labute approximate surface area is 99.6 Å². The van der Waals surface area contributed by atoms with Crippen molar-refractivity contribution in [1.82, 2.24) is 9.97 Å². The van der Waals surface area contributed by atoms with Crippen molar-refractivity contribution in [2.45, 2.75) is 6.18 Å². The number of alkyl halides is 3. The summed E-state index contributed by atoms with van der Waals surface area (Å²) >= 11 is 0. The van der Waals surface area contributed by atoms with Crippen molar-refractivity contribution < 1.29 is 18.0 Å². The van der Waals surface area contributed by atoms with Crippen molar-refractivity contribution in [3.8, 4) is 11.3 Å². The first-order valence-electron chi connectivity index (χ1n) is 4.92. The van der Waals surface area contributed by atoms with Gasteiger partial charge < -0.3 is 10.7 Å². The minimum Gasteiger partial charge on any atom is -0.363 e. The molecule has 0 aliphatic carbocycles. The Balaban J connectivity index is 2.62. The van der Waals surface area contributed by atoms with Crippen LogP contribution in [-0.4, -0.2) is 15.9 Å². The summed E-state index contributed by atoms with van der Waals surface area (Å²) in [6.45, 7) is 0. The van der Waals surface area contributed by atoms with Crippen molar-refractivity contribution in [1.29, 1.82) is 0 Å². The lowest BCUT2D eigenvalue weighted by Crippen LogP contribution is -2.13. The Bertz CT molecular complexity index is 575. The summed E-state index contributed by atoms with van der Waals surface area (Å²) in [5.41, 5.74) is 3.76. The molecular weight excluding hydrogens is 247 g/mol. The fourth-order valence-electron chi connectivity index (χ4n) is 1.50. The lowest BCUT2D eigenvalue weighted by atomic mass is 10.1. The molecule has 3 N–H and O–H groups in total. The van der Waals surface area contributed by atoms with Crippen LogP contribution < -0.4 is 5.73 Å². The topological polar surface area (TPSA) is 71.8 Å². The zero-order valence-corrected chi connectivity index (χ0v) is 8.95. The van der Waals surface area contributed by atoms with Gasteiger partial charge in [0.15, 0.2) is 5.82 Å². The Kier molecular flexibility index (Phi) is 2.82. The van der Waals surface area contributed by atoms with Gasteiger partial charge in [-0.05, 0) is 0 Å². The molecule has 1 aromatic heterocycles. The molecule has 18 heavy (non-hydrogen) atoms. The maximum absolute atomic E-state index is 12.8. The predicted octanol–water partition coefficient (Wildman–Crippen LogP) is 2.19. The summed E-state index contributed by atoms with van der Waals surface area (Å²) in [6, 6.07) is 7.76. The molecule has 0 spiro atoms. The number of nitrogens with one attached hydrogen (secondary N) is 1. The van der Waals surface area contributed by atoms with E-state index in [0.717, 1.165) is 0 Å². The molecule has 4 nitrogen and oxygen atoms in total. The fraction of sp³-hybridized carbons (Fsp3) is 0.0909. The summed E-state index contributed by atoms with van der Waals surface area (Å²) in [5, 5.41) is 0. The lowest BCUT2D eigenvalue weighted by Gasteiger charge is -2.06. The van der Waals surface area contributed by atoms with Gasteiger partial charge in [0.1, 0.15) is 11.4 Å². The van der Waals surface area contributed by atoms with Gasteiger partial charge in [-0.3, -0.25) is 4.79 Å². The lowest BCUT2D eigenvalue weighted by molar-refractivity contribution is -0.140. The summed E-state index contributed by atoms with van der Waals surface area (Å²) in [6.07, 6.45) is -4.63. The second-order valence-corrected chi connectivity index (χ2v) is 3.54. The van der Waals surface area contributed by atoms with Crippen LogP contribution in [0.15, 0.2) is 30.3 Å². The van der Waals surface area contributed by atoms with Crippen LogP contribution in [0.4, 0.5) is 13.2 Å². The largest absolute Gasteiger partial charge is 0.433 e. The molecule has 2 aromatic rings. The van der Waals surface area contributed by atoms with E-state index in [0.29, 0.717) is 0 Å². The van der Waals surface area contributed by atoms with Gasteiger partial charge >= 0.3 is 6.18 Å². The number of imidazole rings is 1. The third-order valence-electron chi connectivity index (χ3n) is 2.27. The molecule has 0 atom stereocenters. The Hall–Kier alpha value is -2.31. The van der Waals surface area contributed by atoms with E-state index in [1.165, 1.54) is 12.1 Å². The molecule has 1 heterocycles. The molecule has 0 unspecified atom stereocenters. The van der Waals surface area contributed by atoms with Crippen molar-refractivity contribution in [3.05, 3.63) is 41.9 Å². The average Bonchev–Trinajstić information content (AvgIpc) is 2.74. The number of aromatic amines is 1. The molecule has 1 amide bonds. The van der Waals surface area contributed by atoms with Gasteiger partial charge in [0.2, 0.25) is 0 Å². The number of halogens is 3. The van der Waals surface area contributed by atoms with Gasteiger partial charge in [0.05, 0.1) is 0 Å². The van der Waals surface area contributed by atoms with Crippen LogP contribution in [-0.2, 0) is 6.18 Å².